The Morgan fingerprint density at radius 2 is 2.00 bits per heavy atom. The number of rotatable bonds is 2. The standard InChI is InChI=1S/C15H15ClO2S/c1-9-7-11(10(2)19-9)15(16)14-8-17-12-5-3-4-6-13(12)18-14/h3-7,14-15H,8H2,1-2H3. The Balaban J connectivity index is 1.83. The summed E-state index contributed by atoms with van der Waals surface area (Å²) >= 11 is 8.34. The van der Waals surface area contributed by atoms with E-state index in [9.17, 15) is 0 Å². The van der Waals surface area contributed by atoms with Crippen LogP contribution in [0.5, 0.6) is 11.5 Å². The molecule has 2 nitrogen and oxygen atoms in total. The molecule has 4 heteroatoms. The first-order valence-corrected chi connectivity index (χ1v) is 7.50. The Labute approximate surface area is 121 Å². The fourth-order valence-corrected chi connectivity index (χ4v) is 3.69. The van der Waals surface area contributed by atoms with E-state index < -0.39 is 0 Å². The second kappa shape index (κ2) is 5.06. The first kappa shape index (κ1) is 12.8. The van der Waals surface area contributed by atoms with Gasteiger partial charge in [0.15, 0.2) is 17.6 Å². The molecule has 2 atom stereocenters. The van der Waals surface area contributed by atoms with Crippen molar-refractivity contribution in [2.75, 3.05) is 6.61 Å². The number of thiophene rings is 1. The Bertz CT molecular complexity index is 594. The van der Waals surface area contributed by atoms with E-state index in [0.29, 0.717) is 6.61 Å². The van der Waals surface area contributed by atoms with Crippen molar-refractivity contribution >= 4 is 22.9 Å². The van der Waals surface area contributed by atoms with Crippen LogP contribution in [0.25, 0.3) is 0 Å². The molecule has 2 heterocycles. The van der Waals surface area contributed by atoms with Gasteiger partial charge in [-0.2, -0.15) is 0 Å². The van der Waals surface area contributed by atoms with Gasteiger partial charge in [-0.3, -0.25) is 0 Å². The van der Waals surface area contributed by atoms with Crippen molar-refractivity contribution < 1.29 is 9.47 Å². The van der Waals surface area contributed by atoms with Crippen molar-refractivity contribution in [3.05, 3.63) is 45.6 Å². The lowest BCUT2D eigenvalue weighted by Gasteiger charge is -2.29. The molecule has 0 N–H and O–H groups in total. The average Bonchev–Trinajstić information content (AvgIpc) is 2.76. The number of halogens is 1. The molecule has 2 unspecified atom stereocenters. The summed E-state index contributed by atoms with van der Waals surface area (Å²) in [5.41, 5.74) is 1.15. The maximum Gasteiger partial charge on any atom is 0.161 e. The Kier molecular flexibility index (Phi) is 3.42. The van der Waals surface area contributed by atoms with Gasteiger partial charge in [0.05, 0.1) is 5.38 Å². The lowest BCUT2D eigenvalue weighted by atomic mass is 10.1. The highest BCUT2D eigenvalue weighted by Crippen LogP contribution is 2.39. The molecular weight excluding hydrogens is 280 g/mol. The van der Waals surface area contributed by atoms with Gasteiger partial charge in [-0.15, -0.1) is 22.9 Å². The lowest BCUT2D eigenvalue weighted by Crippen LogP contribution is -2.32. The van der Waals surface area contributed by atoms with Crippen LogP contribution < -0.4 is 9.47 Å². The average molecular weight is 295 g/mol. The molecule has 100 valence electrons. The molecule has 3 rings (SSSR count). The first-order chi connectivity index (χ1) is 9.15. The van der Waals surface area contributed by atoms with Crippen LogP contribution in [0.4, 0.5) is 0 Å². The Morgan fingerprint density at radius 3 is 2.68 bits per heavy atom. The lowest BCUT2D eigenvalue weighted by molar-refractivity contribution is 0.0877. The highest BCUT2D eigenvalue weighted by molar-refractivity contribution is 7.12. The van der Waals surface area contributed by atoms with Crippen LogP contribution in [-0.4, -0.2) is 12.7 Å². The minimum Gasteiger partial charge on any atom is -0.486 e. The van der Waals surface area contributed by atoms with Crippen molar-refractivity contribution in [1.82, 2.24) is 0 Å². The molecule has 0 saturated carbocycles. The van der Waals surface area contributed by atoms with Crippen LogP contribution in [-0.2, 0) is 0 Å². The number of alkyl halides is 1. The number of ether oxygens (including phenoxy) is 2. The number of para-hydroxylation sites is 2. The van der Waals surface area contributed by atoms with Crippen LogP contribution >= 0.6 is 22.9 Å². The third-order valence-corrected chi connectivity index (χ3v) is 4.73. The summed E-state index contributed by atoms with van der Waals surface area (Å²) in [5, 5.41) is -0.182. The van der Waals surface area contributed by atoms with Gasteiger partial charge in [0.1, 0.15) is 6.61 Å². The molecule has 0 bridgehead atoms. The molecule has 19 heavy (non-hydrogen) atoms. The van der Waals surface area contributed by atoms with Gasteiger partial charge in [0.2, 0.25) is 0 Å². The van der Waals surface area contributed by atoms with E-state index in [1.165, 1.54) is 9.75 Å². The van der Waals surface area contributed by atoms with Crippen LogP contribution in [0.15, 0.2) is 30.3 Å². The number of fused-ring (bicyclic) bond motifs is 1. The van der Waals surface area contributed by atoms with Crippen molar-refractivity contribution in [2.45, 2.75) is 25.3 Å². The van der Waals surface area contributed by atoms with E-state index in [0.717, 1.165) is 17.1 Å². The zero-order chi connectivity index (χ0) is 13.4. The molecule has 1 aliphatic rings. The molecule has 2 aromatic rings. The van der Waals surface area contributed by atoms with Gasteiger partial charge in [-0.1, -0.05) is 12.1 Å². The second-order valence-electron chi connectivity index (χ2n) is 4.68. The molecule has 0 aliphatic carbocycles. The van der Waals surface area contributed by atoms with Gasteiger partial charge in [-0.05, 0) is 37.6 Å². The normalized spacial score (nSPS) is 19.2. The summed E-state index contributed by atoms with van der Waals surface area (Å²) in [6.07, 6.45) is -0.149. The third-order valence-electron chi connectivity index (χ3n) is 3.23. The second-order valence-corrected chi connectivity index (χ2v) is 6.62. The van der Waals surface area contributed by atoms with E-state index >= 15 is 0 Å². The molecular formula is C15H15ClO2S. The van der Waals surface area contributed by atoms with E-state index in [-0.39, 0.29) is 11.5 Å². The predicted octanol–water partition coefficient (Wildman–Crippen LogP) is 4.48. The Hall–Kier alpha value is -1.19. The van der Waals surface area contributed by atoms with Gasteiger partial charge in [0, 0.05) is 9.75 Å². The topological polar surface area (TPSA) is 18.5 Å². The maximum absolute atomic E-state index is 6.57. The molecule has 1 aliphatic heterocycles. The minimum atomic E-state index is -0.182. The van der Waals surface area contributed by atoms with E-state index in [1.807, 2.05) is 24.3 Å². The molecule has 1 aromatic heterocycles. The summed E-state index contributed by atoms with van der Waals surface area (Å²) in [7, 11) is 0. The van der Waals surface area contributed by atoms with Gasteiger partial charge in [-0.25, -0.2) is 0 Å². The monoisotopic (exact) mass is 294 g/mol. The largest absolute Gasteiger partial charge is 0.486 e. The number of hydrogen-bond acceptors (Lipinski definition) is 3. The number of benzene rings is 1. The van der Waals surface area contributed by atoms with Crippen LogP contribution in [0.2, 0.25) is 0 Å². The minimum absolute atomic E-state index is 0.149. The van der Waals surface area contributed by atoms with Crippen molar-refractivity contribution in [3.8, 4) is 11.5 Å². The van der Waals surface area contributed by atoms with E-state index in [2.05, 4.69) is 19.9 Å². The van der Waals surface area contributed by atoms with Crippen molar-refractivity contribution in [2.24, 2.45) is 0 Å². The molecule has 0 saturated heterocycles. The molecule has 0 spiro atoms. The maximum atomic E-state index is 6.57. The van der Waals surface area contributed by atoms with Crippen LogP contribution in [0.1, 0.15) is 20.7 Å². The highest BCUT2D eigenvalue weighted by Gasteiger charge is 2.30. The van der Waals surface area contributed by atoms with Gasteiger partial charge in [0.25, 0.3) is 0 Å². The van der Waals surface area contributed by atoms with Gasteiger partial charge >= 0.3 is 0 Å². The van der Waals surface area contributed by atoms with Gasteiger partial charge < -0.3 is 9.47 Å². The third kappa shape index (κ3) is 2.45. The molecule has 0 fully saturated rings. The molecule has 1 aromatic carbocycles. The summed E-state index contributed by atoms with van der Waals surface area (Å²) in [6, 6.07) is 9.84. The number of aryl methyl sites for hydroxylation is 2. The zero-order valence-corrected chi connectivity index (χ0v) is 12.4. The van der Waals surface area contributed by atoms with Crippen molar-refractivity contribution in [1.29, 1.82) is 0 Å². The fourth-order valence-electron chi connectivity index (χ4n) is 2.30. The summed E-state index contributed by atoms with van der Waals surface area (Å²) in [4.78, 5) is 2.52. The van der Waals surface area contributed by atoms with Crippen LogP contribution in [0.3, 0.4) is 0 Å². The first-order valence-electron chi connectivity index (χ1n) is 6.24. The highest BCUT2D eigenvalue weighted by atomic mass is 35.5. The molecule has 0 amide bonds. The van der Waals surface area contributed by atoms with E-state index in [1.54, 1.807) is 11.3 Å². The van der Waals surface area contributed by atoms with Crippen LogP contribution in [0, 0.1) is 13.8 Å². The van der Waals surface area contributed by atoms with Crippen molar-refractivity contribution in [3.63, 3.8) is 0 Å². The summed E-state index contributed by atoms with van der Waals surface area (Å²) in [5.74, 6) is 1.56. The SMILES string of the molecule is Cc1cc(C(Cl)C2COc3ccccc3O2)c(C)s1. The summed E-state index contributed by atoms with van der Waals surface area (Å²) < 4.78 is 11.7. The fraction of sp³-hybridized carbons (Fsp3) is 0.333. The Morgan fingerprint density at radius 1 is 1.26 bits per heavy atom. The predicted molar refractivity (Wildman–Crippen MR) is 78.7 cm³/mol. The van der Waals surface area contributed by atoms with E-state index in [4.69, 9.17) is 21.1 Å². The zero-order valence-electron chi connectivity index (χ0n) is 10.9. The molecule has 0 radical (unpaired) electrons. The summed E-state index contributed by atoms with van der Waals surface area (Å²) in [6.45, 7) is 4.68. The number of hydrogen-bond donors (Lipinski definition) is 0. The quantitative estimate of drug-likeness (QED) is 0.760. The smallest absolute Gasteiger partial charge is 0.161 e.